The Labute approximate surface area is 134 Å². The van der Waals surface area contributed by atoms with E-state index in [1.807, 2.05) is 0 Å². The highest BCUT2D eigenvalue weighted by Gasteiger charge is 2.55. The number of nitrogens with zero attached hydrogens (tertiary/aromatic N) is 4. The zero-order chi connectivity index (χ0) is 16.1. The van der Waals surface area contributed by atoms with Crippen molar-refractivity contribution in [3.05, 3.63) is 6.33 Å². The van der Waals surface area contributed by atoms with E-state index in [1.54, 1.807) is 0 Å². The predicted octanol–water partition coefficient (Wildman–Crippen LogP) is -0.158. The second-order valence-corrected chi connectivity index (χ2v) is 6.19. The molecule has 4 N–H and O–H groups in total. The van der Waals surface area contributed by atoms with E-state index in [0.717, 1.165) is 0 Å². The molecule has 0 spiro atoms. The summed E-state index contributed by atoms with van der Waals surface area (Å²) < 4.78 is 10.3. The molecule has 9 nitrogen and oxygen atoms in total. The van der Waals surface area contributed by atoms with Crippen molar-refractivity contribution >= 4 is 40.3 Å². The molecule has 2 aromatic heterocycles. The van der Waals surface area contributed by atoms with E-state index in [4.69, 9.17) is 38.4 Å². The Morgan fingerprint density at radius 3 is 2.82 bits per heavy atom. The minimum absolute atomic E-state index is 0.0295. The van der Waals surface area contributed by atoms with Gasteiger partial charge in [-0.25, -0.2) is 4.98 Å². The fourth-order valence-electron chi connectivity index (χ4n) is 2.34. The SMILES string of the molecule is COc1nc(N)nc2c1ncn2[C@@H]1O[C@H](CO)C(O)C1(Cl)Cl. The molecule has 1 aliphatic rings. The number of ether oxygens (including phenoxy) is 2. The third-order valence-electron chi connectivity index (χ3n) is 3.41. The number of halogens is 2. The van der Waals surface area contributed by atoms with E-state index in [0.29, 0.717) is 5.52 Å². The second kappa shape index (κ2) is 5.36. The van der Waals surface area contributed by atoms with Gasteiger partial charge in [-0.1, -0.05) is 23.2 Å². The lowest BCUT2D eigenvalue weighted by molar-refractivity contribution is -0.0434. The standard InChI is InChI=1S/C11H13Cl2N5O4/c1-21-8-5-7(16-10(14)17-8)18(3-15-5)9-11(12,13)6(20)4(2-19)22-9/h3-4,6,9,19-20H,2H2,1H3,(H2,14,16,17)/t4-,6?,9-/m1/s1. The van der Waals surface area contributed by atoms with Crippen LogP contribution in [0.4, 0.5) is 5.95 Å². The van der Waals surface area contributed by atoms with Crippen molar-refractivity contribution in [2.45, 2.75) is 22.8 Å². The monoisotopic (exact) mass is 349 g/mol. The lowest BCUT2D eigenvalue weighted by atomic mass is 10.2. The fraction of sp³-hybridized carbons (Fsp3) is 0.545. The number of methoxy groups -OCH3 is 1. The van der Waals surface area contributed by atoms with Gasteiger partial charge in [0.05, 0.1) is 20.0 Å². The summed E-state index contributed by atoms with van der Waals surface area (Å²) >= 11 is 12.4. The Hall–Kier alpha value is -1.39. The largest absolute Gasteiger partial charge is 0.479 e. The number of aliphatic hydroxyl groups excluding tert-OH is 2. The first-order chi connectivity index (χ1) is 10.4. The molecule has 120 valence electrons. The topological polar surface area (TPSA) is 129 Å². The van der Waals surface area contributed by atoms with E-state index in [1.165, 1.54) is 18.0 Å². The first-order valence-electron chi connectivity index (χ1n) is 6.26. The summed E-state index contributed by atoms with van der Waals surface area (Å²) in [6.07, 6.45) is -1.87. The number of alkyl halides is 2. The van der Waals surface area contributed by atoms with Crippen molar-refractivity contribution < 1.29 is 19.7 Å². The Bertz CT molecular complexity index is 709. The number of rotatable bonds is 3. The van der Waals surface area contributed by atoms with E-state index >= 15 is 0 Å². The number of anilines is 1. The van der Waals surface area contributed by atoms with Crippen LogP contribution in [0.5, 0.6) is 5.88 Å². The highest BCUT2D eigenvalue weighted by atomic mass is 35.5. The summed E-state index contributed by atoms with van der Waals surface area (Å²) in [6, 6.07) is 0. The number of nitrogens with two attached hydrogens (primary N) is 1. The van der Waals surface area contributed by atoms with Crippen LogP contribution in [0.15, 0.2) is 6.33 Å². The molecular weight excluding hydrogens is 337 g/mol. The lowest BCUT2D eigenvalue weighted by Crippen LogP contribution is -2.37. The van der Waals surface area contributed by atoms with Gasteiger partial charge in [-0.2, -0.15) is 9.97 Å². The van der Waals surface area contributed by atoms with Crippen LogP contribution < -0.4 is 10.5 Å². The number of imidazole rings is 1. The number of aliphatic hydroxyl groups is 2. The summed E-state index contributed by atoms with van der Waals surface area (Å²) in [5, 5.41) is 19.3. The normalized spacial score (nSPS) is 27.4. The number of aromatic nitrogens is 4. The van der Waals surface area contributed by atoms with Gasteiger partial charge >= 0.3 is 0 Å². The van der Waals surface area contributed by atoms with E-state index in [9.17, 15) is 10.2 Å². The molecule has 3 heterocycles. The highest BCUT2D eigenvalue weighted by molar-refractivity contribution is 6.49. The van der Waals surface area contributed by atoms with Crippen LogP contribution in [-0.4, -0.2) is 60.0 Å². The van der Waals surface area contributed by atoms with E-state index < -0.39 is 29.4 Å². The number of nitrogen functional groups attached to an aromatic ring is 1. The summed E-state index contributed by atoms with van der Waals surface area (Å²) in [5.41, 5.74) is 6.26. The van der Waals surface area contributed by atoms with Gasteiger partial charge < -0.3 is 25.4 Å². The summed E-state index contributed by atoms with van der Waals surface area (Å²) in [6.45, 7) is -0.439. The van der Waals surface area contributed by atoms with Gasteiger partial charge in [0.15, 0.2) is 21.7 Å². The molecule has 1 fully saturated rings. The average Bonchev–Trinajstić information content (AvgIpc) is 2.98. The fourth-order valence-corrected chi connectivity index (χ4v) is 2.93. The lowest BCUT2D eigenvalue weighted by Gasteiger charge is -2.23. The molecule has 1 unspecified atom stereocenters. The number of hydrogen-bond acceptors (Lipinski definition) is 8. The average molecular weight is 350 g/mol. The number of hydrogen-bond donors (Lipinski definition) is 3. The van der Waals surface area contributed by atoms with Crippen molar-refractivity contribution in [1.82, 2.24) is 19.5 Å². The van der Waals surface area contributed by atoms with Crippen molar-refractivity contribution in [3.8, 4) is 5.88 Å². The van der Waals surface area contributed by atoms with Crippen LogP contribution in [0.2, 0.25) is 0 Å². The molecule has 3 rings (SSSR count). The minimum Gasteiger partial charge on any atom is -0.479 e. The maximum absolute atomic E-state index is 10.0. The Morgan fingerprint density at radius 1 is 1.50 bits per heavy atom. The van der Waals surface area contributed by atoms with Gasteiger partial charge in [0.1, 0.15) is 12.2 Å². The summed E-state index contributed by atoms with van der Waals surface area (Å²) in [7, 11) is 1.42. The molecule has 0 bridgehead atoms. The Morgan fingerprint density at radius 2 is 2.23 bits per heavy atom. The van der Waals surface area contributed by atoms with Crippen molar-refractivity contribution in [2.24, 2.45) is 0 Å². The quantitative estimate of drug-likeness (QED) is 0.652. The third kappa shape index (κ3) is 2.17. The zero-order valence-electron chi connectivity index (χ0n) is 11.3. The Balaban J connectivity index is 2.13. The van der Waals surface area contributed by atoms with Crippen LogP contribution in [0.25, 0.3) is 11.2 Å². The van der Waals surface area contributed by atoms with Gasteiger partial charge in [0, 0.05) is 0 Å². The molecular formula is C11H13Cl2N5O4. The van der Waals surface area contributed by atoms with Gasteiger partial charge in [-0.3, -0.25) is 4.57 Å². The van der Waals surface area contributed by atoms with Crippen molar-refractivity contribution in [1.29, 1.82) is 0 Å². The van der Waals surface area contributed by atoms with Crippen LogP contribution >= 0.6 is 23.2 Å². The second-order valence-electron chi connectivity index (χ2n) is 4.74. The van der Waals surface area contributed by atoms with Gasteiger partial charge in [0.25, 0.3) is 0 Å². The Kier molecular flexibility index (Phi) is 3.77. The van der Waals surface area contributed by atoms with Crippen LogP contribution in [0.1, 0.15) is 6.23 Å². The molecule has 0 aliphatic carbocycles. The maximum atomic E-state index is 10.0. The van der Waals surface area contributed by atoms with Gasteiger partial charge in [-0.15, -0.1) is 0 Å². The molecule has 0 saturated carbocycles. The van der Waals surface area contributed by atoms with Gasteiger partial charge in [0.2, 0.25) is 11.8 Å². The van der Waals surface area contributed by atoms with Crippen LogP contribution in [0.3, 0.4) is 0 Å². The third-order valence-corrected chi connectivity index (χ3v) is 4.23. The molecule has 11 heteroatoms. The highest BCUT2D eigenvalue weighted by Crippen LogP contribution is 2.47. The summed E-state index contributed by atoms with van der Waals surface area (Å²) in [5.74, 6) is 0.159. The molecule has 1 saturated heterocycles. The molecule has 3 atom stereocenters. The van der Waals surface area contributed by atoms with E-state index in [2.05, 4.69) is 15.0 Å². The van der Waals surface area contributed by atoms with Crippen molar-refractivity contribution in [3.63, 3.8) is 0 Å². The molecule has 22 heavy (non-hydrogen) atoms. The van der Waals surface area contributed by atoms with Gasteiger partial charge in [-0.05, 0) is 0 Å². The van der Waals surface area contributed by atoms with Crippen molar-refractivity contribution in [2.75, 3.05) is 19.5 Å². The van der Waals surface area contributed by atoms with E-state index in [-0.39, 0.29) is 17.5 Å². The molecule has 0 amide bonds. The minimum atomic E-state index is -1.70. The molecule has 0 aromatic carbocycles. The first-order valence-corrected chi connectivity index (χ1v) is 7.02. The summed E-state index contributed by atoms with van der Waals surface area (Å²) in [4.78, 5) is 12.1. The van der Waals surface area contributed by atoms with Crippen LogP contribution in [0, 0.1) is 0 Å². The number of fused-ring (bicyclic) bond motifs is 1. The maximum Gasteiger partial charge on any atom is 0.246 e. The van der Waals surface area contributed by atoms with Crippen LogP contribution in [-0.2, 0) is 4.74 Å². The smallest absolute Gasteiger partial charge is 0.246 e. The molecule has 2 aromatic rings. The molecule has 1 aliphatic heterocycles. The molecule has 0 radical (unpaired) electrons. The zero-order valence-corrected chi connectivity index (χ0v) is 12.9. The predicted molar refractivity (Wildman–Crippen MR) is 77.7 cm³/mol. The first kappa shape index (κ1) is 15.5.